The average molecular weight is 1560 g/mol. The number of carboxylic acids is 3. The minimum atomic E-state index is -1.05. The Morgan fingerprint density at radius 3 is 1.13 bits per heavy atom. The number of aliphatic carboxylic acids is 2. The fraction of sp³-hybridized carbons (Fsp3) is 0.371. The number of benzene rings is 6. The first-order valence-corrected chi connectivity index (χ1v) is 32.3. The summed E-state index contributed by atoms with van der Waals surface area (Å²) in [5.41, 5.74) is 2.87. The van der Waals surface area contributed by atoms with Crippen LogP contribution in [-0.2, 0) is 61.8 Å². The molecule has 6 aromatic carbocycles. The van der Waals surface area contributed by atoms with Crippen molar-refractivity contribution in [3.05, 3.63) is 165 Å². The lowest BCUT2D eigenvalue weighted by atomic mass is 10.2. The Hall–Kier alpha value is -8.51. The summed E-state index contributed by atoms with van der Waals surface area (Å²) in [7, 11) is 17.9. The Bertz CT molecular complexity index is 3710. The third-order valence-corrected chi connectivity index (χ3v) is 14.1. The molecule has 8 rings (SSSR count). The lowest BCUT2D eigenvalue weighted by molar-refractivity contribution is -0.146. The highest BCUT2D eigenvalue weighted by molar-refractivity contribution is 14.1. The summed E-state index contributed by atoms with van der Waals surface area (Å²) in [6.07, 6.45) is 0. The first-order chi connectivity index (χ1) is 48.1. The molecular weight excluding hydrogens is 1460 g/mol. The molecule has 27 nitrogen and oxygen atoms in total. The first-order valence-electron chi connectivity index (χ1n) is 29.9. The van der Waals surface area contributed by atoms with Gasteiger partial charge in [0, 0.05) is 117 Å². The number of aliphatic hydroxyl groups excluding tert-OH is 3. The van der Waals surface area contributed by atoms with Crippen LogP contribution in [-0.4, -0.2) is 236 Å². The molecule has 0 fully saturated rings. The average Bonchev–Trinajstić information content (AvgIpc) is 0.788. The van der Waals surface area contributed by atoms with Crippen LogP contribution in [0.5, 0.6) is 11.5 Å². The van der Waals surface area contributed by atoms with Gasteiger partial charge < -0.3 is 92.5 Å². The molecule has 8 aromatic rings. The largest absolute Gasteiger partial charge is 0.482 e. The van der Waals surface area contributed by atoms with Crippen molar-refractivity contribution >= 4 is 133 Å². The van der Waals surface area contributed by atoms with Gasteiger partial charge in [-0.25, -0.2) is 28.8 Å². The Morgan fingerprint density at radius 2 is 0.770 bits per heavy atom. The van der Waals surface area contributed by atoms with Crippen LogP contribution < -0.4 is 30.1 Å². The van der Waals surface area contributed by atoms with Crippen LogP contribution in [0.2, 0.25) is 0 Å². The van der Waals surface area contributed by atoms with Crippen LogP contribution in [0.25, 0.3) is 40.3 Å². The third-order valence-electron chi connectivity index (χ3n) is 11.8. The zero-order valence-electron chi connectivity index (χ0n) is 58.4. The molecule has 2 aromatic heterocycles. The molecule has 6 N–H and O–H groups in total. The number of ether oxygens (including phenoxy) is 11. The van der Waals surface area contributed by atoms with Gasteiger partial charge >= 0.3 is 35.8 Å². The van der Waals surface area contributed by atoms with E-state index in [-0.39, 0.29) is 50.0 Å². The van der Waals surface area contributed by atoms with E-state index in [4.69, 9.17) is 69.9 Å². The van der Waals surface area contributed by atoms with E-state index in [2.05, 4.69) is 14.2 Å². The summed E-state index contributed by atoms with van der Waals surface area (Å²) in [4.78, 5) is 92.9. The lowest BCUT2D eigenvalue weighted by Gasteiger charge is -2.11. The highest BCUT2D eigenvalue weighted by atomic mass is 127. The monoisotopic (exact) mass is 1560 g/mol. The van der Waals surface area contributed by atoms with Crippen LogP contribution in [0.15, 0.2) is 143 Å². The summed E-state index contributed by atoms with van der Waals surface area (Å²) < 4.78 is 63.0. The van der Waals surface area contributed by atoms with Crippen LogP contribution in [0.1, 0.15) is 29.5 Å². The number of fused-ring (bicyclic) bond motifs is 4. The van der Waals surface area contributed by atoms with Crippen molar-refractivity contribution in [2.75, 3.05) is 179 Å². The topological polar surface area (TPSA) is 366 Å². The molecular formula is C70H95IN2O25S2. The van der Waals surface area contributed by atoms with E-state index in [0.29, 0.717) is 102 Å². The number of carboxylic acid groups (broad SMARTS) is 3. The number of aliphatic hydroxyl groups is 3. The molecule has 0 amide bonds. The molecule has 0 atom stereocenters. The molecule has 30 heteroatoms. The molecule has 100 heavy (non-hydrogen) atoms. The second-order valence-corrected chi connectivity index (χ2v) is 20.9. The number of carbonyl (C=O) groups is 6. The van der Waals surface area contributed by atoms with Crippen molar-refractivity contribution in [3.63, 3.8) is 0 Å². The van der Waals surface area contributed by atoms with E-state index in [1.807, 2.05) is 121 Å². The van der Waals surface area contributed by atoms with Crippen molar-refractivity contribution < 1.29 is 113 Å². The number of methoxy groups -OCH3 is 5. The maximum Gasteiger partial charge on any atom is 0.343 e. The smallest absolute Gasteiger partial charge is 0.343 e. The molecule has 0 saturated heterocycles. The summed E-state index contributed by atoms with van der Waals surface area (Å²) in [6.45, 7) is 2.81. The number of esters is 3. The molecule has 0 bridgehead atoms. The van der Waals surface area contributed by atoms with Crippen LogP contribution in [0, 0.1) is 0 Å². The number of rotatable bonds is 26. The maximum absolute atomic E-state index is 12.5. The Balaban J connectivity index is -0.00000113. The molecule has 0 aliphatic carbocycles. The van der Waals surface area contributed by atoms with Crippen molar-refractivity contribution in [1.82, 2.24) is 0 Å². The van der Waals surface area contributed by atoms with Crippen LogP contribution >= 0.6 is 45.3 Å². The van der Waals surface area contributed by atoms with Gasteiger partial charge in [-0.05, 0) is 114 Å². The highest BCUT2D eigenvalue weighted by Crippen LogP contribution is 2.29. The van der Waals surface area contributed by atoms with Gasteiger partial charge in [-0.2, -0.15) is 0 Å². The van der Waals surface area contributed by atoms with Gasteiger partial charge in [-0.1, -0.05) is 54.3 Å². The first kappa shape index (κ1) is 93.5. The van der Waals surface area contributed by atoms with E-state index in [9.17, 15) is 38.4 Å². The van der Waals surface area contributed by atoms with E-state index in [1.54, 1.807) is 98.4 Å². The number of carbonyl (C=O) groups excluding carboxylic acids is 3. The molecule has 0 aliphatic heterocycles. The summed E-state index contributed by atoms with van der Waals surface area (Å²) in [5.74, 6) is -3.17. The molecule has 554 valence electrons. The van der Waals surface area contributed by atoms with Crippen molar-refractivity contribution in [1.29, 1.82) is 0 Å². The fourth-order valence-corrected chi connectivity index (χ4v) is 9.21. The van der Waals surface area contributed by atoms with E-state index in [1.165, 1.54) is 32.7 Å². The molecule has 0 aliphatic rings. The minimum Gasteiger partial charge on any atom is -0.482 e. The van der Waals surface area contributed by atoms with E-state index in [0.717, 1.165) is 51.5 Å². The van der Waals surface area contributed by atoms with Gasteiger partial charge in [0.2, 0.25) is 0 Å². The number of hydrogen-bond acceptors (Lipinski definition) is 26. The van der Waals surface area contributed by atoms with Gasteiger partial charge in [0.05, 0.1) is 85.3 Å². The molecule has 0 saturated carbocycles. The Kier molecular flexibility index (Phi) is 55.5. The second kappa shape index (κ2) is 59.4. The zero-order valence-corrected chi connectivity index (χ0v) is 61.2. The molecule has 0 spiro atoms. The summed E-state index contributed by atoms with van der Waals surface area (Å²) in [5, 5.41) is 48.9. The van der Waals surface area contributed by atoms with Gasteiger partial charge in [-0.3, -0.25) is 9.59 Å². The van der Waals surface area contributed by atoms with Crippen molar-refractivity contribution in [2.24, 2.45) is 0 Å². The molecule has 0 radical (unpaired) electrons. The predicted octanol–water partition coefficient (Wildman–Crippen LogP) is 8.94. The lowest BCUT2D eigenvalue weighted by Crippen LogP contribution is -2.14. The number of hydrogen-bond donors (Lipinski definition) is 6. The van der Waals surface area contributed by atoms with Crippen molar-refractivity contribution in [2.45, 2.75) is 7.43 Å². The number of anilines is 2. The van der Waals surface area contributed by atoms with Gasteiger partial charge in [0.1, 0.15) is 24.7 Å². The van der Waals surface area contributed by atoms with E-state index < -0.39 is 30.5 Å². The van der Waals surface area contributed by atoms with E-state index >= 15 is 0 Å². The Morgan fingerprint density at radius 1 is 0.430 bits per heavy atom. The fourth-order valence-electron chi connectivity index (χ4n) is 7.10. The van der Waals surface area contributed by atoms with Gasteiger partial charge in [0.25, 0.3) is 0 Å². The molecule has 0 unspecified atom stereocenters. The van der Waals surface area contributed by atoms with Crippen LogP contribution in [0.3, 0.4) is 0 Å². The van der Waals surface area contributed by atoms with Crippen LogP contribution in [0.4, 0.5) is 11.4 Å². The quantitative estimate of drug-likeness (QED) is 0.00735. The SMILES string of the molecule is C.CN(C)c1ccc(C(=O)O)cc1.CO.CO.CO.COC(=O)COc1ccc2sc3ccccc3c(=O)c2c1.COC(=O)c1ccc(N(C)C)cc1.COCCOCCOCC(=O)O.COCCOCCOCC(=O)OC.O=C(O)COc1ccc2sc3ccccc3c(=O)c2c1.[2H]CI. The highest BCUT2D eigenvalue weighted by Gasteiger charge is 2.11. The van der Waals surface area contributed by atoms with Crippen molar-refractivity contribution in [3.8, 4) is 11.5 Å². The van der Waals surface area contributed by atoms with Gasteiger partial charge in [-0.15, -0.1) is 22.7 Å². The molecule has 2 heterocycles. The second-order valence-electron chi connectivity index (χ2n) is 18.7. The normalized spacial score (nSPS) is 9.66. The number of alkyl halides is 1. The predicted molar refractivity (Wildman–Crippen MR) is 399 cm³/mol. The number of nitrogens with zero attached hydrogens (tertiary/aromatic N) is 2. The number of halogens is 1. The van der Waals surface area contributed by atoms with Gasteiger partial charge in [0.15, 0.2) is 24.1 Å². The Labute approximate surface area is 605 Å². The minimum absolute atomic E-state index is 0. The number of aromatic carboxylic acids is 1. The zero-order chi connectivity index (χ0) is 75.8. The summed E-state index contributed by atoms with van der Waals surface area (Å²) in [6, 6.07) is 39.3. The maximum atomic E-state index is 12.5. The standard InChI is InChI=1S/C16H12O4S.C15H10O4S.C10H13NO2.C9H11NO2.C8H16O5.C7H14O5.CH3I.3CH4O.CH4/c1-19-15(17)9-20-10-6-7-14-12(8-10)16(18)11-4-2-3-5-13(11)21-14;16-14(17)8-19-9-5-6-13-11(7-9)15(18)10-3-1-2-4-12(10)20-13;1-11(2)9-6-4-8(5-7-9)10(12)13-3;1-10(2)8-5-3-7(4-6-8)9(11)12;1-10-3-4-12-5-6-13-7-8(9)11-2;1-10-2-3-11-4-5-12-6-7(8)9;4*1-2;/h2-8H,9H2,1H3;1-7H,8H2,(H,16,17);4-7H,1-3H3;3-6H,1-2H3,(H,11,12);3-7H2,1-2H3;2-6H2,1H3,(H,8,9);1H3;3*2H,1H3;1H4/i;;;;;;1D;;;;. The summed E-state index contributed by atoms with van der Waals surface area (Å²) >= 11 is 5.04. The third kappa shape index (κ3) is 39.3.